The molecule has 9 amide bonds. The van der Waals surface area contributed by atoms with Crippen molar-refractivity contribution < 1.29 is 38.1 Å². The van der Waals surface area contributed by atoms with Crippen LogP contribution >= 0.6 is 0 Å². The van der Waals surface area contributed by atoms with E-state index in [0.717, 1.165) is 28.7 Å². The first-order valence-corrected chi connectivity index (χ1v) is 28.0. The molecule has 5 heterocycles. The Bertz CT molecular complexity index is 2710. The van der Waals surface area contributed by atoms with Gasteiger partial charge in [0.05, 0.1) is 43.8 Å². The summed E-state index contributed by atoms with van der Waals surface area (Å²) in [5.74, 6) is -1.43. The Kier molecular flexibility index (Phi) is 18.5. The fraction of sp³-hybridized carbons (Fsp3) is 0.467. The molecule has 7 unspecified atom stereocenters. The summed E-state index contributed by atoms with van der Waals surface area (Å²) in [5.41, 5.74) is 3.75. The second kappa shape index (κ2) is 26.0. The molecule has 4 aromatic rings. The Morgan fingerprint density at radius 3 is 1.48 bits per heavy atom. The van der Waals surface area contributed by atoms with Crippen LogP contribution in [0.5, 0.6) is 0 Å². The number of hydrogen-bond donors (Lipinski definition) is 5. The second-order valence-corrected chi connectivity index (χ2v) is 21.6. The van der Waals surface area contributed by atoms with Crippen molar-refractivity contribution in [1.29, 1.82) is 0 Å². The van der Waals surface area contributed by atoms with Gasteiger partial charge in [-0.05, 0) is 81.8 Å². The number of carbonyl (C=O) groups excluding carboxylic acids is 7. The Morgan fingerprint density at radius 1 is 0.557 bits per heavy atom. The number of hydrogen-bond acceptors (Lipinski definition) is 10. The SMILES string of the molecule is C=[N+](C(=O)CNC)C1CN(C(=O)N2CCN(C(=O)N3CCC4CCC(C(=O)NC(c5ccccc5)c5ccccc5)N4C(=O)C(NC(=O)C(C)NC)C3)CC2)CCC2CCC(C(=O)NC(c3ccccc3)c3ccccc3)N2C1. The Morgan fingerprint density at radius 2 is 1.00 bits per heavy atom. The summed E-state index contributed by atoms with van der Waals surface area (Å²) in [6, 6.07) is 34.0. The van der Waals surface area contributed by atoms with Crippen molar-refractivity contribution in [3.05, 3.63) is 144 Å². The highest BCUT2D eigenvalue weighted by molar-refractivity contribution is 5.94. The molecular formula is C60H77N12O7+. The van der Waals surface area contributed by atoms with Crippen molar-refractivity contribution in [1.82, 2.24) is 56.0 Å². The van der Waals surface area contributed by atoms with Gasteiger partial charge in [0.1, 0.15) is 25.3 Å². The van der Waals surface area contributed by atoms with Crippen LogP contribution in [0.2, 0.25) is 0 Å². The monoisotopic (exact) mass is 1080 g/mol. The minimum Gasteiger partial charge on any atom is -0.344 e. The standard InChI is InChI=1S/C60H76N12O7/c1-41(62-3)55(74)63-49-40-70(32-30-47-26-28-51(72(47)58(49)77)57(76)65-54(44-21-13-7-14-22-44)45-23-15-8-16-24-45)60(79)68-35-33-67(34-36-68)59(78)69-31-29-46-25-27-50(71(46)39-48(38-69)66(4)52(73)37-61-2)56(75)64-53(42-17-9-5-10-18-42)43-19-11-6-12-20-43/h5-24,41,46-51,53-54,61-62H,4,25-40H2,1-3H3,(H2-,63,64,65,74,75,76)/p+1. The van der Waals surface area contributed by atoms with Crippen molar-refractivity contribution in [2.75, 3.05) is 79.5 Å². The summed E-state index contributed by atoms with van der Waals surface area (Å²) >= 11 is 0. The molecule has 418 valence electrons. The van der Waals surface area contributed by atoms with Gasteiger partial charge in [-0.15, -0.1) is 0 Å². The molecule has 0 radical (unpaired) electrons. The van der Waals surface area contributed by atoms with Crippen LogP contribution in [0.1, 0.15) is 79.8 Å². The lowest BCUT2D eigenvalue weighted by atomic mass is 9.98. The van der Waals surface area contributed by atoms with Crippen molar-refractivity contribution in [2.45, 2.75) is 99.8 Å². The van der Waals surface area contributed by atoms with Gasteiger partial charge in [-0.25, -0.2) is 14.4 Å². The smallest absolute Gasteiger partial charge is 0.344 e. The Labute approximate surface area is 463 Å². The molecule has 7 atom stereocenters. The molecule has 19 heteroatoms. The topological polar surface area (TPSA) is 202 Å². The molecule has 0 aromatic heterocycles. The summed E-state index contributed by atoms with van der Waals surface area (Å²) in [4.78, 5) is 111. The van der Waals surface area contributed by atoms with Crippen LogP contribution in [0.4, 0.5) is 9.59 Å². The summed E-state index contributed by atoms with van der Waals surface area (Å²) in [6.07, 6.45) is 3.42. The molecule has 5 N–H and O–H groups in total. The maximum absolute atomic E-state index is 14.9. The number of likely N-dealkylation sites (N-methyl/N-ethyl adjacent to an activating group) is 2. The Balaban J connectivity index is 0.856. The third kappa shape index (κ3) is 13.0. The van der Waals surface area contributed by atoms with Crippen LogP contribution in [0.15, 0.2) is 121 Å². The van der Waals surface area contributed by atoms with E-state index in [1.165, 1.54) is 4.58 Å². The van der Waals surface area contributed by atoms with Gasteiger partial charge >= 0.3 is 18.0 Å². The molecule has 0 spiro atoms. The van der Waals surface area contributed by atoms with Crippen LogP contribution in [0.25, 0.3) is 0 Å². The van der Waals surface area contributed by atoms with E-state index in [1.807, 2.05) is 121 Å². The van der Waals surface area contributed by atoms with E-state index < -0.39 is 48.1 Å². The zero-order valence-corrected chi connectivity index (χ0v) is 45.8. The van der Waals surface area contributed by atoms with Gasteiger partial charge in [-0.2, -0.15) is 4.58 Å². The molecule has 0 aliphatic carbocycles. The van der Waals surface area contributed by atoms with E-state index in [1.54, 1.807) is 45.5 Å². The average molecular weight is 1080 g/mol. The largest absolute Gasteiger partial charge is 0.400 e. The van der Waals surface area contributed by atoms with E-state index in [2.05, 4.69) is 38.2 Å². The average Bonchev–Trinajstić information content (AvgIpc) is 4.19. The minimum absolute atomic E-state index is 0.0197. The molecule has 4 aromatic carbocycles. The third-order valence-electron chi connectivity index (χ3n) is 16.7. The van der Waals surface area contributed by atoms with Crippen molar-refractivity contribution in [3.8, 4) is 0 Å². The molecule has 5 saturated heterocycles. The lowest BCUT2D eigenvalue weighted by Crippen LogP contribution is -2.64. The number of carbonyl (C=O) groups is 7. The van der Waals surface area contributed by atoms with E-state index in [0.29, 0.717) is 45.2 Å². The van der Waals surface area contributed by atoms with E-state index >= 15 is 0 Å². The van der Waals surface area contributed by atoms with Crippen LogP contribution in [-0.2, 0) is 24.0 Å². The van der Waals surface area contributed by atoms with Crippen molar-refractivity contribution in [3.63, 3.8) is 0 Å². The van der Waals surface area contributed by atoms with Gasteiger partial charge in [0.2, 0.25) is 23.6 Å². The zero-order chi connectivity index (χ0) is 55.6. The maximum Gasteiger partial charge on any atom is 0.400 e. The van der Waals surface area contributed by atoms with E-state index in [9.17, 15) is 33.6 Å². The number of piperazine rings is 1. The first-order chi connectivity index (χ1) is 38.3. The van der Waals surface area contributed by atoms with Gasteiger partial charge in [0, 0.05) is 51.4 Å². The summed E-state index contributed by atoms with van der Waals surface area (Å²) in [5, 5.41) is 15.4. The first kappa shape index (κ1) is 56.2. The normalized spacial score (nSPS) is 23.2. The first-order valence-electron chi connectivity index (χ1n) is 28.0. The number of fused-ring (bicyclic) bond motifs is 2. The minimum atomic E-state index is -1.13. The van der Waals surface area contributed by atoms with Gasteiger partial charge in [-0.1, -0.05) is 121 Å². The molecule has 0 bridgehead atoms. The summed E-state index contributed by atoms with van der Waals surface area (Å²) in [7, 11) is 3.35. The number of nitrogens with one attached hydrogen (secondary N) is 5. The maximum atomic E-state index is 14.9. The molecule has 5 aliphatic rings. The molecule has 5 aliphatic heterocycles. The Hall–Kier alpha value is -7.48. The lowest BCUT2D eigenvalue weighted by molar-refractivity contribution is -0.482. The number of benzene rings is 4. The van der Waals surface area contributed by atoms with Crippen molar-refractivity contribution in [2.24, 2.45) is 0 Å². The van der Waals surface area contributed by atoms with Gasteiger partial charge < -0.3 is 51.1 Å². The van der Waals surface area contributed by atoms with Crippen LogP contribution in [0, 0.1) is 0 Å². The highest BCUT2D eigenvalue weighted by atomic mass is 16.2. The van der Waals surface area contributed by atoms with Crippen LogP contribution < -0.4 is 26.6 Å². The third-order valence-corrected chi connectivity index (χ3v) is 16.7. The number of rotatable bonds is 14. The molecular weight excluding hydrogens is 1000 g/mol. The predicted octanol–water partition coefficient (Wildman–Crippen LogP) is 3.18. The molecule has 9 rings (SSSR count). The van der Waals surface area contributed by atoms with E-state index in [4.69, 9.17) is 0 Å². The molecule has 19 nitrogen and oxygen atoms in total. The molecule has 0 saturated carbocycles. The molecule has 5 fully saturated rings. The number of amides is 9. The zero-order valence-electron chi connectivity index (χ0n) is 45.8. The predicted molar refractivity (Wildman–Crippen MR) is 300 cm³/mol. The van der Waals surface area contributed by atoms with Gasteiger partial charge in [0.15, 0.2) is 6.04 Å². The van der Waals surface area contributed by atoms with Crippen molar-refractivity contribution >= 4 is 48.3 Å². The van der Waals surface area contributed by atoms with Crippen LogP contribution in [-0.4, -0.2) is 204 Å². The number of urea groups is 2. The molecule has 79 heavy (non-hydrogen) atoms. The van der Waals surface area contributed by atoms with E-state index in [-0.39, 0.29) is 100 Å². The quantitative estimate of drug-likeness (QED) is 0.0923. The fourth-order valence-electron chi connectivity index (χ4n) is 12.2. The fourth-order valence-corrected chi connectivity index (χ4v) is 12.2. The van der Waals surface area contributed by atoms with Gasteiger partial charge in [-0.3, -0.25) is 24.1 Å². The number of nitrogens with zero attached hydrogens (tertiary/aromatic N) is 7. The van der Waals surface area contributed by atoms with Gasteiger partial charge in [0.25, 0.3) is 0 Å². The summed E-state index contributed by atoms with van der Waals surface area (Å²) in [6.45, 7) is 8.08. The lowest BCUT2D eigenvalue weighted by Gasteiger charge is -2.43. The second-order valence-electron chi connectivity index (χ2n) is 21.6. The van der Waals surface area contributed by atoms with Crippen LogP contribution in [0.3, 0.4) is 0 Å². The summed E-state index contributed by atoms with van der Waals surface area (Å²) < 4.78 is 1.45. The highest BCUT2D eigenvalue weighted by Gasteiger charge is 2.48. The highest BCUT2D eigenvalue weighted by Crippen LogP contribution is 2.33.